The molecular weight excluding hydrogens is 186 g/mol. The molecule has 0 atom stereocenters. The first-order valence-electron chi connectivity index (χ1n) is 3.83. The second-order valence-electron chi connectivity index (χ2n) is 2.53. The van der Waals surface area contributed by atoms with E-state index in [0.717, 1.165) is 11.3 Å². The number of halogens is 1. The van der Waals surface area contributed by atoms with Gasteiger partial charge < -0.3 is 0 Å². The molecule has 65 valence electrons. The van der Waals surface area contributed by atoms with Crippen molar-refractivity contribution < 1.29 is 0 Å². The Morgan fingerprint density at radius 3 is 2.62 bits per heavy atom. The maximum atomic E-state index is 5.65. The Balaban J connectivity index is 2.33. The smallest absolute Gasteiger partial charge is 0.0935 e. The third kappa shape index (κ3) is 1.70. The lowest BCUT2D eigenvalue weighted by Gasteiger charge is -1.99. The number of rotatable bonds is 2. The highest BCUT2D eigenvalue weighted by molar-refractivity contribution is 6.17. The van der Waals surface area contributed by atoms with Crippen molar-refractivity contribution in [2.24, 2.45) is 0 Å². The first-order chi connectivity index (χ1) is 6.40. The SMILES string of the molecule is ClCc1c[c]c(-n2nccn2)cc1. The van der Waals surface area contributed by atoms with Crippen molar-refractivity contribution in [3.05, 3.63) is 42.2 Å². The van der Waals surface area contributed by atoms with Crippen molar-refractivity contribution in [1.82, 2.24) is 15.0 Å². The lowest BCUT2D eigenvalue weighted by molar-refractivity contribution is 0.750. The Morgan fingerprint density at radius 1 is 1.31 bits per heavy atom. The molecule has 1 radical (unpaired) electrons. The van der Waals surface area contributed by atoms with E-state index in [2.05, 4.69) is 16.3 Å². The number of nitrogens with zero attached hydrogens (tertiary/aromatic N) is 3. The molecular formula is C9H7ClN3. The molecule has 0 unspecified atom stereocenters. The highest BCUT2D eigenvalue weighted by atomic mass is 35.5. The Labute approximate surface area is 81.0 Å². The van der Waals surface area contributed by atoms with Crippen LogP contribution >= 0.6 is 11.6 Å². The molecule has 2 aromatic rings. The number of benzene rings is 1. The third-order valence-electron chi connectivity index (χ3n) is 1.65. The molecule has 13 heavy (non-hydrogen) atoms. The van der Waals surface area contributed by atoms with Crippen molar-refractivity contribution in [1.29, 1.82) is 0 Å². The van der Waals surface area contributed by atoms with Crippen molar-refractivity contribution >= 4 is 11.6 Å². The van der Waals surface area contributed by atoms with Gasteiger partial charge >= 0.3 is 0 Å². The molecule has 0 saturated heterocycles. The van der Waals surface area contributed by atoms with Crippen LogP contribution in [0.3, 0.4) is 0 Å². The highest BCUT2D eigenvalue weighted by Gasteiger charge is 1.97. The molecule has 0 fully saturated rings. The van der Waals surface area contributed by atoms with Gasteiger partial charge in [-0.05, 0) is 17.7 Å². The summed E-state index contributed by atoms with van der Waals surface area (Å²) < 4.78 is 0. The van der Waals surface area contributed by atoms with E-state index in [1.54, 1.807) is 12.4 Å². The number of aromatic nitrogens is 3. The van der Waals surface area contributed by atoms with E-state index in [4.69, 9.17) is 11.6 Å². The molecule has 4 heteroatoms. The van der Waals surface area contributed by atoms with Crippen molar-refractivity contribution in [2.45, 2.75) is 5.88 Å². The van der Waals surface area contributed by atoms with Crippen LogP contribution in [-0.2, 0) is 5.88 Å². The summed E-state index contributed by atoms with van der Waals surface area (Å²) in [6.07, 6.45) is 3.26. The second-order valence-corrected chi connectivity index (χ2v) is 2.80. The maximum absolute atomic E-state index is 5.65. The van der Waals surface area contributed by atoms with Crippen LogP contribution in [0.5, 0.6) is 0 Å². The second kappa shape index (κ2) is 3.58. The Morgan fingerprint density at radius 2 is 2.08 bits per heavy atom. The molecule has 3 nitrogen and oxygen atoms in total. The normalized spacial score (nSPS) is 10.2. The standard InChI is InChI=1S/C9H7ClN3/c10-7-8-1-3-9(4-2-8)13-11-5-6-12-13/h1-3,5-6H,7H2. The monoisotopic (exact) mass is 192 g/mol. The topological polar surface area (TPSA) is 30.7 Å². The van der Waals surface area contributed by atoms with E-state index in [-0.39, 0.29) is 0 Å². The van der Waals surface area contributed by atoms with Gasteiger partial charge in [-0.3, -0.25) is 0 Å². The van der Waals surface area contributed by atoms with E-state index >= 15 is 0 Å². The largest absolute Gasteiger partial charge is 0.157 e. The van der Waals surface area contributed by atoms with Gasteiger partial charge in [-0.1, -0.05) is 6.07 Å². The van der Waals surface area contributed by atoms with Gasteiger partial charge in [-0.25, -0.2) is 0 Å². The predicted octanol–water partition coefficient (Wildman–Crippen LogP) is 1.81. The fraction of sp³-hybridized carbons (Fsp3) is 0.111. The summed E-state index contributed by atoms with van der Waals surface area (Å²) in [5, 5.41) is 7.97. The third-order valence-corrected chi connectivity index (χ3v) is 1.96. The van der Waals surface area contributed by atoms with E-state index in [9.17, 15) is 0 Å². The van der Waals surface area contributed by atoms with Gasteiger partial charge in [0.15, 0.2) is 0 Å². The average Bonchev–Trinajstić information content (AvgIpc) is 2.71. The molecule has 0 N–H and O–H groups in total. The van der Waals surface area contributed by atoms with E-state index in [1.807, 2.05) is 18.2 Å². The molecule has 0 aliphatic heterocycles. The van der Waals surface area contributed by atoms with Gasteiger partial charge in [0, 0.05) is 11.9 Å². The van der Waals surface area contributed by atoms with Crippen LogP contribution in [0.15, 0.2) is 30.6 Å². The van der Waals surface area contributed by atoms with Gasteiger partial charge in [0.25, 0.3) is 0 Å². The predicted molar refractivity (Wildman–Crippen MR) is 49.8 cm³/mol. The molecule has 1 aromatic carbocycles. The molecule has 0 amide bonds. The number of alkyl halides is 1. The fourth-order valence-electron chi connectivity index (χ4n) is 0.996. The summed E-state index contributed by atoms with van der Waals surface area (Å²) in [6, 6.07) is 8.70. The summed E-state index contributed by atoms with van der Waals surface area (Å²) in [7, 11) is 0. The van der Waals surface area contributed by atoms with Crippen molar-refractivity contribution in [3.63, 3.8) is 0 Å². The zero-order valence-corrected chi connectivity index (χ0v) is 7.57. The van der Waals surface area contributed by atoms with E-state index < -0.39 is 0 Å². The van der Waals surface area contributed by atoms with Gasteiger partial charge in [0.2, 0.25) is 0 Å². The first-order valence-corrected chi connectivity index (χ1v) is 4.37. The van der Waals surface area contributed by atoms with Crippen molar-refractivity contribution in [2.75, 3.05) is 0 Å². The van der Waals surface area contributed by atoms with Gasteiger partial charge in [-0.2, -0.15) is 15.0 Å². The Bertz CT molecular complexity index is 366. The van der Waals surface area contributed by atoms with Crippen LogP contribution in [0.25, 0.3) is 5.69 Å². The zero-order valence-electron chi connectivity index (χ0n) is 6.81. The van der Waals surface area contributed by atoms with Gasteiger partial charge in [0.1, 0.15) is 0 Å². The van der Waals surface area contributed by atoms with Crippen LogP contribution in [0.4, 0.5) is 0 Å². The summed E-state index contributed by atoms with van der Waals surface area (Å²) in [5.41, 5.74) is 1.86. The molecule has 0 spiro atoms. The van der Waals surface area contributed by atoms with Crippen LogP contribution in [0.2, 0.25) is 0 Å². The van der Waals surface area contributed by atoms with Crippen LogP contribution in [-0.4, -0.2) is 15.0 Å². The molecule has 1 heterocycles. The van der Waals surface area contributed by atoms with Crippen LogP contribution < -0.4 is 0 Å². The average molecular weight is 193 g/mol. The fourth-order valence-corrected chi connectivity index (χ4v) is 1.16. The van der Waals surface area contributed by atoms with Gasteiger partial charge in [-0.15, -0.1) is 11.6 Å². The minimum atomic E-state index is 0.503. The Hall–Kier alpha value is -1.35. The number of hydrogen-bond donors (Lipinski definition) is 0. The molecule has 1 aromatic heterocycles. The minimum Gasteiger partial charge on any atom is -0.157 e. The summed E-state index contributed by atoms with van der Waals surface area (Å²) in [5.74, 6) is 0.503. The Kier molecular flexibility index (Phi) is 2.27. The first kappa shape index (κ1) is 8.26. The summed E-state index contributed by atoms with van der Waals surface area (Å²) in [4.78, 5) is 1.51. The van der Waals surface area contributed by atoms with Crippen LogP contribution in [0, 0.1) is 6.07 Å². The van der Waals surface area contributed by atoms with Crippen LogP contribution in [0.1, 0.15) is 5.56 Å². The van der Waals surface area contributed by atoms with Gasteiger partial charge in [0.05, 0.1) is 18.1 Å². The lowest BCUT2D eigenvalue weighted by Crippen LogP contribution is -1.98. The summed E-state index contributed by atoms with van der Waals surface area (Å²) >= 11 is 5.65. The van der Waals surface area contributed by atoms with E-state index in [1.165, 1.54) is 4.80 Å². The maximum Gasteiger partial charge on any atom is 0.0935 e. The molecule has 0 saturated carbocycles. The quantitative estimate of drug-likeness (QED) is 0.680. The molecule has 0 aliphatic rings. The minimum absolute atomic E-state index is 0.503. The molecule has 2 rings (SSSR count). The highest BCUT2D eigenvalue weighted by Crippen LogP contribution is 2.07. The summed E-state index contributed by atoms with van der Waals surface area (Å²) in [6.45, 7) is 0. The molecule has 0 aliphatic carbocycles. The zero-order chi connectivity index (χ0) is 9.10. The molecule has 0 bridgehead atoms. The lowest BCUT2D eigenvalue weighted by atomic mass is 10.2. The van der Waals surface area contributed by atoms with E-state index in [0.29, 0.717) is 5.88 Å². The van der Waals surface area contributed by atoms with Crippen molar-refractivity contribution in [3.8, 4) is 5.69 Å². The number of hydrogen-bond acceptors (Lipinski definition) is 2.